The number of aryl methyl sites for hydroxylation is 1. The fraction of sp³-hybridized carbons (Fsp3) is 0.636. The van der Waals surface area contributed by atoms with Crippen LogP contribution in [-0.2, 0) is 6.54 Å². The summed E-state index contributed by atoms with van der Waals surface area (Å²) in [5.41, 5.74) is 0.490. The van der Waals surface area contributed by atoms with Gasteiger partial charge in [0.2, 0.25) is 0 Å². The topological polar surface area (TPSA) is 4.93 Å². The molecule has 0 saturated carbocycles. The molecule has 0 N–H and O–H groups in total. The highest BCUT2D eigenvalue weighted by molar-refractivity contribution is 4.90. The SMILES string of the molecule is CCC(C)(C)CCn1cccc1. The standard InChI is InChI=1S/C11H19N/c1-4-11(2,3)7-10-12-8-5-6-9-12/h5-6,8-9H,4,7,10H2,1-3H3. The second-order valence-electron chi connectivity index (χ2n) is 4.19. The van der Waals surface area contributed by atoms with Crippen LogP contribution < -0.4 is 0 Å². The summed E-state index contributed by atoms with van der Waals surface area (Å²) >= 11 is 0. The minimum Gasteiger partial charge on any atom is -0.354 e. The Labute approximate surface area is 75.4 Å². The largest absolute Gasteiger partial charge is 0.354 e. The average molecular weight is 165 g/mol. The van der Waals surface area contributed by atoms with E-state index in [0.29, 0.717) is 5.41 Å². The van der Waals surface area contributed by atoms with Crippen LogP contribution in [0.4, 0.5) is 0 Å². The maximum absolute atomic E-state index is 2.33. The van der Waals surface area contributed by atoms with Gasteiger partial charge in [-0.2, -0.15) is 0 Å². The second kappa shape index (κ2) is 3.79. The van der Waals surface area contributed by atoms with E-state index in [1.54, 1.807) is 0 Å². The van der Waals surface area contributed by atoms with Crippen LogP contribution in [0.1, 0.15) is 33.6 Å². The normalized spacial score (nSPS) is 11.9. The van der Waals surface area contributed by atoms with E-state index in [2.05, 4.69) is 49.9 Å². The number of aromatic nitrogens is 1. The first-order valence-corrected chi connectivity index (χ1v) is 4.75. The van der Waals surface area contributed by atoms with Crippen molar-refractivity contribution in [1.29, 1.82) is 0 Å². The molecular weight excluding hydrogens is 146 g/mol. The zero-order valence-corrected chi connectivity index (χ0v) is 8.38. The van der Waals surface area contributed by atoms with Gasteiger partial charge in [-0.25, -0.2) is 0 Å². The first-order valence-electron chi connectivity index (χ1n) is 4.75. The van der Waals surface area contributed by atoms with E-state index < -0.39 is 0 Å². The molecule has 0 spiro atoms. The Morgan fingerprint density at radius 2 is 1.75 bits per heavy atom. The van der Waals surface area contributed by atoms with Crippen LogP contribution in [0, 0.1) is 5.41 Å². The van der Waals surface area contributed by atoms with Crippen molar-refractivity contribution in [3.05, 3.63) is 24.5 Å². The smallest absolute Gasteiger partial charge is 0.0224 e. The van der Waals surface area contributed by atoms with Crippen molar-refractivity contribution < 1.29 is 0 Å². The molecule has 0 aliphatic carbocycles. The molecule has 1 aromatic heterocycles. The molecule has 1 rings (SSSR count). The van der Waals surface area contributed by atoms with Gasteiger partial charge in [-0.05, 0) is 24.0 Å². The lowest BCUT2D eigenvalue weighted by molar-refractivity contribution is 0.302. The van der Waals surface area contributed by atoms with Gasteiger partial charge >= 0.3 is 0 Å². The molecule has 1 nitrogen and oxygen atoms in total. The van der Waals surface area contributed by atoms with Gasteiger partial charge in [-0.15, -0.1) is 0 Å². The molecule has 0 unspecified atom stereocenters. The number of nitrogens with zero attached hydrogens (tertiary/aromatic N) is 1. The Kier molecular flexibility index (Phi) is 2.96. The molecule has 0 aromatic carbocycles. The minimum atomic E-state index is 0.490. The van der Waals surface area contributed by atoms with Crippen LogP contribution in [-0.4, -0.2) is 4.57 Å². The van der Waals surface area contributed by atoms with Crippen molar-refractivity contribution in [1.82, 2.24) is 4.57 Å². The van der Waals surface area contributed by atoms with Crippen molar-refractivity contribution in [2.75, 3.05) is 0 Å². The first kappa shape index (κ1) is 9.37. The Morgan fingerprint density at radius 1 is 1.17 bits per heavy atom. The maximum atomic E-state index is 2.33. The Hall–Kier alpha value is -0.720. The van der Waals surface area contributed by atoms with Crippen molar-refractivity contribution in [3.8, 4) is 0 Å². The van der Waals surface area contributed by atoms with E-state index in [1.807, 2.05) is 0 Å². The van der Waals surface area contributed by atoms with Crippen LogP contribution >= 0.6 is 0 Å². The fourth-order valence-electron chi connectivity index (χ4n) is 1.13. The maximum Gasteiger partial charge on any atom is 0.0224 e. The predicted molar refractivity (Wildman–Crippen MR) is 53.1 cm³/mol. The monoisotopic (exact) mass is 165 g/mol. The molecule has 0 bridgehead atoms. The lowest BCUT2D eigenvalue weighted by Gasteiger charge is -2.22. The molecule has 1 heteroatoms. The van der Waals surface area contributed by atoms with Crippen LogP contribution in [0.15, 0.2) is 24.5 Å². The van der Waals surface area contributed by atoms with E-state index >= 15 is 0 Å². The molecule has 0 radical (unpaired) electrons. The molecular formula is C11H19N. The third-order valence-electron chi connectivity index (χ3n) is 2.67. The number of hydrogen-bond acceptors (Lipinski definition) is 0. The van der Waals surface area contributed by atoms with E-state index in [0.717, 1.165) is 6.54 Å². The molecule has 0 saturated heterocycles. The van der Waals surface area contributed by atoms with Crippen LogP contribution in [0.25, 0.3) is 0 Å². The summed E-state index contributed by atoms with van der Waals surface area (Å²) in [6.07, 6.45) is 6.78. The summed E-state index contributed by atoms with van der Waals surface area (Å²) in [7, 11) is 0. The molecule has 0 aliphatic rings. The lowest BCUT2D eigenvalue weighted by Crippen LogP contribution is -2.12. The lowest BCUT2D eigenvalue weighted by atomic mass is 9.86. The quantitative estimate of drug-likeness (QED) is 0.645. The van der Waals surface area contributed by atoms with Crippen LogP contribution in [0.5, 0.6) is 0 Å². The van der Waals surface area contributed by atoms with Gasteiger partial charge in [0.25, 0.3) is 0 Å². The Bertz CT molecular complexity index is 209. The minimum absolute atomic E-state index is 0.490. The van der Waals surface area contributed by atoms with Gasteiger partial charge in [0, 0.05) is 18.9 Å². The summed E-state index contributed by atoms with van der Waals surface area (Å²) < 4.78 is 2.25. The van der Waals surface area contributed by atoms with E-state index in [9.17, 15) is 0 Å². The summed E-state index contributed by atoms with van der Waals surface area (Å²) in [6, 6.07) is 4.16. The fourth-order valence-corrected chi connectivity index (χ4v) is 1.13. The highest BCUT2D eigenvalue weighted by Gasteiger charge is 2.13. The molecule has 12 heavy (non-hydrogen) atoms. The summed E-state index contributed by atoms with van der Waals surface area (Å²) in [5, 5.41) is 0. The zero-order valence-electron chi connectivity index (χ0n) is 8.38. The molecule has 68 valence electrons. The van der Waals surface area contributed by atoms with Gasteiger partial charge in [0.05, 0.1) is 0 Å². The highest BCUT2D eigenvalue weighted by Crippen LogP contribution is 2.24. The molecule has 1 heterocycles. The molecule has 0 amide bonds. The number of rotatable bonds is 4. The van der Waals surface area contributed by atoms with Gasteiger partial charge in [0.1, 0.15) is 0 Å². The third kappa shape index (κ3) is 2.72. The average Bonchev–Trinajstić information content (AvgIpc) is 2.53. The molecule has 0 atom stereocenters. The molecule has 0 aliphatic heterocycles. The predicted octanol–water partition coefficient (Wildman–Crippen LogP) is 3.31. The number of hydrogen-bond donors (Lipinski definition) is 0. The van der Waals surface area contributed by atoms with Crippen molar-refractivity contribution in [2.24, 2.45) is 5.41 Å². The Morgan fingerprint density at radius 3 is 2.25 bits per heavy atom. The highest BCUT2D eigenvalue weighted by atomic mass is 14.9. The first-order chi connectivity index (χ1) is 5.64. The van der Waals surface area contributed by atoms with Gasteiger partial charge < -0.3 is 4.57 Å². The summed E-state index contributed by atoms with van der Waals surface area (Å²) in [4.78, 5) is 0. The Balaban J connectivity index is 2.36. The van der Waals surface area contributed by atoms with E-state index in [1.165, 1.54) is 12.8 Å². The van der Waals surface area contributed by atoms with Crippen LogP contribution in [0.3, 0.4) is 0 Å². The van der Waals surface area contributed by atoms with Gasteiger partial charge in [-0.3, -0.25) is 0 Å². The van der Waals surface area contributed by atoms with E-state index in [-0.39, 0.29) is 0 Å². The summed E-state index contributed by atoms with van der Waals surface area (Å²) in [6.45, 7) is 8.07. The van der Waals surface area contributed by atoms with E-state index in [4.69, 9.17) is 0 Å². The van der Waals surface area contributed by atoms with Crippen molar-refractivity contribution >= 4 is 0 Å². The molecule has 0 fully saturated rings. The molecule has 1 aromatic rings. The van der Waals surface area contributed by atoms with Gasteiger partial charge in [0.15, 0.2) is 0 Å². The van der Waals surface area contributed by atoms with Crippen molar-refractivity contribution in [2.45, 2.75) is 40.2 Å². The van der Waals surface area contributed by atoms with Crippen molar-refractivity contribution in [3.63, 3.8) is 0 Å². The second-order valence-corrected chi connectivity index (χ2v) is 4.19. The zero-order chi connectivity index (χ0) is 9.03. The summed E-state index contributed by atoms with van der Waals surface area (Å²) in [5.74, 6) is 0. The van der Waals surface area contributed by atoms with Gasteiger partial charge in [-0.1, -0.05) is 27.2 Å². The van der Waals surface area contributed by atoms with Crippen LogP contribution in [0.2, 0.25) is 0 Å². The third-order valence-corrected chi connectivity index (χ3v) is 2.67.